The quantitative estimate of drug-likeness (QED) is 0.517. The first-order valence-corrected chi connectivity index (χ1v) is 5.85. The number of pyridine rings is 1. The molecule has 2 N–H and O–H groups in total. The number of aromatic nitrogens is 1. The van der Waals surface area contributed by atoms with Crippen LogP contribution < -0.4 is 5.32 Å². The predicted molar refractivity (Wildman–Crippen MR) is 69.7 cm³/mol. The first-order valence-electron chi connectivity index (χ1n) is 5.85. The lowest BCUT2D eigenvalue weighted by atomic mass is 10.1. The fraction of sp³-hybridized carbons (Fsp3) is 0. The summed E-state index contributed by atoms with van der Waals surface area (Å²) in [6.45, 7) is 0. The van der Waals surface area contributed by atoms with Gasteiger partial charge in [-0.25, -0.2) is 27.3 Å². The number of nitrogens with zero attached hydrogens (tertiary/aromatic N) is 1. The summed E-state index contributed by atoms with van der Waals surface area (Å²) in [6, 6.07) is 2.97. The van der Waals surface area contributed by atoms with Crippen molar-refractivity contribution in [3.05, 3.63) is 65.5 Å². The summed E-state index contributed by atoms with van der Waals surface area (Å²) in [5.74, 6) is -6.13. The summed E-state index contributed by atoms with van der Waals surface area (Å²) in [7, 11) is 0. The van der Waals surface area contributed by atoms with Crippen LogP contribution in [0.1, 0.15) is 5.56 Å². The van der Waals surface area contributed by atoms with Gasteiger partial charge >= 0.3 is 5.97 Å². The molecule has 0 fully saturated rings. The van der Waals surface area contributed by atoms with E-state index in [0.717, 1.165) is 18.5 Å². The van der Waals surface area contributed by atoms with Crippen molar-refractivity contribution in [2.24, 2.45) is 0 Å². The van der Waals surface area contributed by atoms with Gasteiger partial charge in [-0.05, 0) is 18.2 Å². The molecule has 0 atom stereocenters. The number of carbonyl (C=O) groups is 1. The van der Waals surface area contributed by atoms with Gasteiger partial charge in [-0.1, -0.05) is 0 Å². The number of nitrogens with one attached hydrogen (secondary N) is 1. The lowest BCUT2D eigenvalue weighted by Gasteiger charge is -2.07. The number of hydrogen-bond acceptors (Lipinski definition) is 3. The van der Waals surface area contributed by atoms with Crippen molar-refractivity contribution in [3.63, 3.8) is 0 Å². The number of rotatable bonds is 4. The van der Waals surface area contributed by atoms with E-state index in [4.69, 9.17) is 5.11 Å². The molecule has 8 heteroatoms. The van der Waals surface area contributed by atoms with Crippen LogP contribution in [0.5, 0.6) is 0 Å². The Morgan fingerprint density at radius 2 is 1.77 bits per heavy atom. The molecule has 1 aromatic carbocycles. The van der Waals surface area contributed by atoms with Crippen LogP contribution in [-0.4, -0.2) is 16.1 Å². The van der Waals surface area contributed by atoms with Crippen LogP contribution in [0.2, 0.25) is 0 Å². The van der Waals surface area contributed by atoms with Gasteiger partial charge < -0.3 is 10.4 Å². The number of anilines is 1. The number of halogens is 4. The molecule has 0 aliphatic carbocycles. The Labute approximate surface area is 121 Å². The highest BCUT2D eigenvalue weighted by atomic mass is 19.2. The summed E-state index contributed by atoms with van der Waals surface area (Å²) in [6.07, 6.45) is 1.73. The van der Waals surface area contributed by atoms with E-state index in [1.165, 1.54) is 6.07 Å². The maximum absolute atomic E-state index is 13.6. The zero-order valence-electron chi connectivity index (χ0n) is 10.8. The van der Waals surface area contributed by atoms with Crippen LogP contribution in [0.15, 0.2) is 36.7 Å². The van der Waals surface area contributed by atoms with Crippen molar-refractivity contribution in [2.45, 2.75) is 0 Å². The highest BCUT2D eigenvalue weighted by molar-refractivity contribution is 6.15. The minimum absolute atomic E-state index is 0.0862. The molecule has 0 amide bonds. The maximum atomic E-state index is 13.6. The summed E-state index contributed by atoms with van der Waals surface area (Å²) >= 11 is 0. The Morgan fingerprint density at radius 1 is 1.09 bits per heavy atom. The van der Waals surface area contributed by atoms with Gasteiger partial charge in [-0.2, -0.15) is 0 Å². The van der Waals surface area contributed by atoms with Crippen molar-refractivity contribution in [1.29, 1.82) is 0 Å². The molecule has 1 heterocycles. The Kier molecular flexibility index (Phi) is 4.40. The largest absolute Gasteiger partial charge is 0.478 e. The van der Waals surface area contributed by atoms with Gasteiger partial charge in [0.05, 0.1) is 11.8 Å². The van der Waals surface area contributed by atoms with Gasteiger partial charge in [0, 0.05) is 17.8 Å². The highest BCUT2D eigenvalue weighted by Crippen LogP contribution is 2.22. The van der Waals surface area contributed by atoms with Crippen molar-refractivity contribution >= 4 is 17.4 Å². The summed E-state index contributed by atoms with van der Waals surface area (Å²) < 4.78 is 52.3. The lowest BCUT2D eigenvalue weighted by molar-refractivity contribution is -0.130. The number of carboxylic acid groups (broad SMARTS) is 1. The standard InChI is InChI=1S/C14H8F4N2O2/c15-7-1-2-13(19-5-7)20-6-9(14(21)22)8-3-11(17)12(18)4-10(8)16/h1-6H,(H,19,20)(H,21,22). The molecular weight excluding hydrogens is 304 g/mol. The third kappa shape index (κ3) is 3.40. The molecular formula is C14H8F4N2O2. The van der Waals surface area contributed by atoms with Crippen molar-refractivity contribution in [2.75, 3.05) is 5.32 Å². The topological polar surface area (TPSA) is 62.2 Å². The fourth-order valence-corrected chi connectivity index (χ4v) is 1.59. The molecule has 0 saturated heterocycles. The lowest BCUT2D eigenvalue weighted by Crippen LogP contribution is -2.06. The maximum Gasteiger partial charge on any atom is 0.337 e. The summed E-state index contributed by atoms with van der Waals surface area (Å²) in [5.41, 5.74) is -1.29. The summed E-state index contributed by atoms with van der Waals surface area (Å²) in [5, 5.41) is 11.5. The van der Waals surface area contributed by atoms with E-state index >= 15 is 0 Å². The second-order valence-corrected chi connectivity index (χ2v) is 4.12. The van der Waals surface area contributed by atoms with Crippen molar-refractivity contribution < 1.29 is 27.5 Å². The average molecular weight is 312 g/mol. The van der Waals surface area contributed by atoms with Gasteiger partial charge in [0.2, 0.25) is 0 Å². The molecule has 0 aliphatic rings. The fourth-order valence-electron chi connectivity index (χ4n) is 1.59. The molecule has 114 valence electrons. The Bertz CT molecular complexity index is 745. The van der Waals surface area contributed by atoms with Gasteiger partial charge in [0.1, 0.15) is 17.5 Å². The third-order valence-corrected chi connectivity index (χ3v) is 2.62. The third-order valence-electron chi connectivity index (χ3n) is 2.62. The molecule has 0 unspecified atom stereocenters. The van der Waals surface area contributed by atoms with Crippen LogP contribution >= 0.6 is 0 Å². The molecule has 1 aromatic heterocycles. The van der Waals surface area contributed by atoms with Crippen molar-refractivity contribution in [1.82, 2.24) is 4.98 Å². The Hall–Kier alpha value is -2.90. The molecule has 22 heavy (non-hydrogen) atoms. The SMILES string of the molecule is O=C(O)C(=CNc1ccc(F)cn1)c1cc(F)c(F)cc1F. The number of benzene rings is 1. The Morgan fingerprint density at radius 3 is 2.36 bits per heavy atom. The van der Waals surface area contributed by atoms with Gasteiger partial charge in [0.25, 0.3) is 0 Å². The van der Waals surface area contributed by atoms with Crippen LogP contribution in [0.3, 0.4) is 0 Å². The molecule has 0 spiro atoms. The molecule has 0 aliphatic heterocycles. The van der Waals surface area contributed by atoms with E-state index in [0.29, 0.717) is 6.07 Å². The monoisotopic (exact) mass is 312 g/mol. The number of aliphatic carboxylic acids is 1. The van der Waals surface area contributed by atoms with E-state index in [1.807, 2.05) is 0 Å². The average Bonchev–Trinajstić information content (AvgIpc) is 2.46. The number of carboxylic acids is 1. The zero-order chi connectivity index (χ0) is 16.3. The molecule has 2 aromatic rings. The molecule has 0 bridgehead atoms. The molecule has 0 saturated carbocycles. The highest BCUT2D eigenvalue weighted by Gasteiger charge is 2.18. The van der Waals surface area contributed by atoms with Crippen LogP contribution in [-0.2, 0) is 4.79 Å². The smallest absolute Gasteiger partial charge is 0.337 e. The first-order chi connectivity index (χ1) is 10.4. The van der Waals surface area contributed by atoms with Crippen LogP contribution in [0.4, 0.5) is 23.4 Å². The zero-order valence-corrected chi connectivity index (χ0v) is 10.8. The van der Waals surface area contributed by atoms with Gasteiger partial charge in [0.15, 0.2) is 11.6 Å². The molecule has 4 nitrogen and oxygen atoms in total. The second-order valence-electron chi connectivity index (χ2n) is 4.12. The first kappa shape index (κ1) is 15.5. The summed E-state index contributed by atoms with van der Waals surface area (Å²) in [4.78, 5) is 14.8. The Balaban J connectivity index is 2.38. The van der Waals surface area contributed by atoms with E-state index in [2.05, 4.69) is 10.3 Å². The van der Waals surface area contributed by atoms with E-state index in [-0.39, 0.29) is 11.9 Å². The minimum Gasteiger partial charge on any atom is -0.478 e. The van der Waals surface area contributed by atoms with E-state index in [1.54, 1.807) is 0 Å². The normalized spacial score (nSPS) is 11.4. The predicted octanol–water partition coefficient (Wildman–Crippen LogP) is 3.18. The van der Waals surface area contributed by atoms with Gasteiger partial charge in [-0.15, -0.1) is 0 Å². The molecule has 2 rings (SSSR count). The van der Waals surface area contributed by atoms with Gasteiger partial charge in [-0.3, -0.25) is 0 Å². The number of hydrogen-bond donors (Lipinski definition) is 2. The minimum atomic E-state index is -1.57. The second kappa shape index (κ2) is 6.25. The van der Waals surface area contributed by atoms with E-state index in [9.17, 15) is 22.4 Å². The van der Waals surface area contributed by atoms with Crippen molar-refractivity contribution in [3.8, 4) is 0 Å². The van der Waals surface area contributed by atoms with Crippen LogP contribution in [0, 0.1) is 23.3 Å². The van der Waals surface area contributed by atoms with Crippen LogP contribution in [0.25, 0.3) is 5.57 Å². The van der Waals surface area contributed by atoms with E-state index < -0.39 is 40.4 Å². The molecule has 0 radical (unpaired) electrons.